The second kappa shape index (κ2) is 9.13. The van der Waals surface area contributed by atoms with Gasteiger partial charge in [0.1, 0.15) is 11.6 Å². The number of carbonyl (C=O) groups is 1. The van der Waals surface area contributed by atoms with Gasteiger partial charge in [0.15, 0.2) is 0 Å². The highest BCUT2D eigenvalue weighted by atomic mass is 32.2. The summed E-state index contributed by atoms with van der Waals surface area (Å²) >= 11 is 1.59. The molecule has 0 radical (unpaired) electrons. The van der Waals surface area contributed by atoms with E-state index < -0.39 is 0 Å². The molecule has 1 aromatic heterocycles. The molecule has 0 atom stereocenters. The van der Waals surface area contributed by atoms with Crippen molar-refractivity contribution in [1.82, 2.24) is 9.88 Å². The van der Waals surface area contributed by atoms with Crippen molar-refractivity contribution < 1.29 is 13.6 Å². The summed E-state index contributed by atoms with van der Waals surface area (Å²) in [5, 5.41) is 3.97. The van der Waals surface area contributed by atoms with Gasteiger partial charge >= 0.3 is 0 Å². The Morgan fingerprint density at radius 2 is 1.67 bits per heavy atom. The molecule has 3 aromatic carbocycles. The molecule has 4 aromatic rings. The van der Waals surface area contributed by atoms with Crippen molar-refractivity contribution in [2.24, 2.45) is 0 Å². The minimum atomic E-state index is -0.370. The van der Waals surface area contributed by atoms with Gasteiger partial charge in [-0.1, -0.05) is 36.4 Å². The molecule has 6 heteroatoms. The molecule has 4 rings (SSSR count). The fourth-order valence-corrected chi connectivity index (χ4v) is 4.35. The molecular weight excluding hydrogens is 402 g/mol. The number of nitrogens with one attached hydrogen (secondary N) is 1. The Hall–Kier alpha value is -3.12. The van der Waals surface area contributed by atoms with Gasteiger partial charge < -0.3 is 9.88 Å². The quantitative estimate of drug-likeness (QED) is 0.391. The first-order valence-electron chi connectivity index (χ1n) is 9.59. The number of rotatable bonds is 7. The first kappa shape index (κ1) is 20.2. The molecule has 0 aliphatic carbocycles. The van der Waals surface area contributed by atoms with Gasteiger partial charge in [-0.2, -0.15) is 0 Å². The van der Waals surface area contributed by atoms with E-state index in [4.69, 9.17) is 0 Å². The minimum absolute atomic E-state index is 0.197. The van der Waals surface area contributed by atoms with Gasteiger partial charge in [0.05, 0.1) is 0 Å². The zero-order chi connectivity index (χ0) is 20.9. The highest BCUT2D eigenvalue weighted by Crippen LogP contribution is 2.32. The summed E-state index contributed by atoms with van der Waals surface area (Å²) in [6, 6.07) is 20.3. The van der Waals surface area contributed by atoms with Crippen LogP contribution in [0.25, 0.3) is 10.9 Å². The van der Waals surface area contributed by atoms with Gasteiger partial charge in [-0.05, 0) is 42.0 Å². The maximum atomic E-state index is 13.9. The van der Waals surface area contributed by atoms with Crippen LogP contribution >= 0.6 is 11.8 Å². The van der Waals surface area contributed by atoms with Gasteiger partial charge in [0, 0.05) is 46.4 Å². The Bertz CT molecular complexity index is 1170. The van der Waals surface area contributed by atoms with Crippen LogP contribution in [0.1, 0.15) is 15.9 Å². The third kappa shape index (κ3) is 4.54. The fraction of sp³-hybridized carbons (Fsp3) is 0.125. The number of aromatic nitrogens is 1. The van der Waals surface area contributed by atoms with Crippen LogP contribution in [-0.4, -0.2) is 17.0 Å². The Balaban J connectivity index is 1.44. The predicted molar refractivity (Wildman–Crippen MR) is 117 cm³/mol. The minimum Gasteiger partial charge on any atom is -0.350 e. The highest BCUT2D eigenvalue weighted by molar-refractivity contribution is 7.98. The predicted octanol–water partition coefficient (Wildman–Crippen LogP) is 5.64. The van der Waals surface area contributed by atoms with E-state index in [0.717, 1.165) is 15.8 Å². The molecule has 0 unspecified atom stereocenters. The molecule has 1 amide bonds. The van der Waals surface area contributed by atoms with E-state index in [2.05, 4.69) is 9.88 Å². The number of benzene rings is 3. The number of fused-ring (bicyclic) bond motifs is 1. The third-order valence-electron chi connectivity index (χ3n) is 4.84. The lowest BCUT2D eigenvalue weighted by molar-refractivity contribution is 0.0952. The van der Waals surface area contributed by atoms with Crippen LogP contribution in [0.3, 0.4) is 0 Å². The largest absolute Gasteiger partial charge is 0.350 e. The van der Waals surface area contributed by atoms with Crippen LogP contribution < -0.4 is 5.32 Å². The molecular formula is C24H20F2N2OS. The van der Waals surface area contributed by atoms with Crippen molar-refractivity contribution >= 4 is 28.6 Å². The molecule has 0 spiro atoms. The number of halogens is 2. The van der Waals surface area contributed by atoms with Gasteiger partial charge in [-0.3, -0.25) is 4.79 Å². The maximum absolute atomic E-state index is 13.9. The summed E-state index contributed by atoms with van der Waals surface area (Å²) in [5.41, 5.74) is 2.16. The van der Waals surface area contributed by atoms with Crippen molar-refractivity contribution in [2.75, 3.05) is 6.54 Å². The molecule has 0 fully saturated rings. The Labute approximate surface area is 177 Å². The Morgan fingerprint density at radius 1 is 0.933 bits per heavy atom. The maximum Gasteiger partial charge on any atom is 0.251 e. The zero-order valence-electron chi connectivity index (χ0n) is 16.1. The van der Waals surface area contributed by atoms with Crippen molar-refractivity contribution in [3.8, 4) is 0 Å². The highest BCUT2D eigenvalue weighted by Gasteiger charge is 2.11. The Kier molecular flexibility index (Phi) is 6.14. The van der Waals surface area contributed by atoms with Crippen LogP contribution in [-0.2, 0) is 12.3 Å². The lowest BCUT2D eigenvalue weighted by Gasteiger charge is -2.07. The summed E-state index contributed by atoms with van der Waals surface area (Å²) < 4.78 is 29.0. The molecule has 152 valence electrons. The topological polar surface area (TPSA) is 34.0 Å². The molecule has 3 nitrogen and oxygen atoms in total. The summed E-state index contributed by atoms with van der Waals surface area (Å²) in [4.78, 5) is 13.3. The normalized spacial score (nSPS) is 11.0. The molecule has 30 heavy (non-hydrogen) atoms. The van der Waals surface area contributed by atoms with E-state index in [0.29, 0.717) is 30.0 Å². The molecule has 0 saturated heterocycles. The first-order valence-corrected chi connectivity index (χ1v) is 10.6. The molecule has 1 heterocycles. The number of hydrogen-bond acceptors (Lipinski definition) is 2. The molecule has 0 bridgehead atoms. The summed E-state index contributed by atoms with van der Waals surface area (Å²) in [7, 11) is 0. The molecule has 0 saturated carbocycles. The molecule has 0 aliphatic rings. The van der Waals surface area contributed by atoms with Crippen molar-refractivity contribution in [1.29, 1.82) is 0 Å². The van der Waals surface area contributed by atoms with Gasteiger partial charge in [-0.15, -0.1) is 11.8 Å². The first-order chi connectivity index (χ1) is 14.6. The average molecular weight is 423 g/mol. The number of carbonyl (C=O) groups excluding carboxylic acids is 1. The van der Waals surface area contributed by atoms with Crippen molar-refractivity contribution in [3.63, 3.8) is 0 Å². The van der Waals surface area contributed by atoms with Crippen LogP contribution in [0.5, 0.6) is 0 Å². The number of para-hydroxylation sites is 1. The molecule has 1 N–H and O–H groups in total. The lowest BCUT2D eigenvalue weighted by Crippen LogP contribution is -2.27. The van der Waals surface area contributed by atoms with Gasteiger partial charge in [0.25, 0.3) is 5.91 Å². The fourth-order valence-electron chi connectivity index (χ4n) is 3.28. The number of thioether (sulfide) groups is 1. The number of nitrogens with zero attached hydrogens (tertiary/aromatic N) is 1. The van der Waals surface area contributed by atoms with Crippen LogP contribution in [0.4, 0.5) is 8.78 Å². The number of amides is 1. The van der Waals surface area contributed by atoms with Gasteiger partial charge in [0.2, 0.25) is 0 Å². The van der Waals surface area contributed by atoms with E-state index in [1.54, 1.807) is 23.9 Å². The summed E-state index contributed by atoms with van der Waals surface area (Å²) in [5.74, 6) is -0.259. The number of hydrogen-bond donors (Lipinski definition) is 1. The lowest BCUT2D eigenvalue weighted by atomic mass is 10.2. The average Bonchev–Trinajstić information content (AvgIpc) is 3.11. The second-order valence-corrected chi connectivity index (χ2v) is 7.86. The van der Waals surface area contributed by atoms with E-state index in [1.165, 1.54) is 30.3 Å². The van der Waals surface area contributed by atoms with Crippen molar-refractivity contribution in [3.05, 3.63) is 102 Å². The Morgan fingerprint density at radius 3 is 2.47 bits per heavy atom. The monoisotopic (exact) mass is 422 g/mol. The van der Waals surface area contributed by atoms with E-state index >= 15 is 0 Å². The summed E-state index contributed by atoms with van der Waals surface area (Å²) in [6.45, 7) is 1.03. The summed E-state index contributed by atoms with van der Waals surface area (Å²) in [6.07, 6.45) is 2.04. The zero-order valence-corrected chi connectivity index (χ0v) is 17.0. The van der Waals surface area contributed by atoms with E-state index in [-0.39, 0.29) is 17.5 Å². The van der Waals surface area contributed by atoms with Gasteiger partial charge in [-0.25, -0.2) is 8.78 Å². The SMILES string of the molecule is O=C(NCCn1cc(SCc2ccccc2F)c2ccccc21)c1ccc(F)cc1. The second-order valence-electron chi connectivity index (χ2n) is 6.85. The molecule has 0 aliphatic heterocycles. The van der Waals surface area contributed by atoms with Crippen LogP contribution in [0.2, 0.25) is 0 Å². The third-order valence-corrected chi connectivity index (χ3v) is 5.93. The standard InChI is InChI=1S/C24H20F2N2OS/c25-19-11-9-17(10-12-19)24(29)27-13-14-28-15-23(20-6-2-4-8-22(20)28)30-16-18-5-1-3-7-21(18)26/h1-12,15H,13-14,16H2,(H,27,29). The van der Waals surface area contributed by atoms with E-state index in [1.807, 2.05) is 36.5 Å². The van der Waals surface area contributed by atoms with Crippen LogP contribution in [0, 0.1) is 11.6 Å². The van der Waals surface area contributed by atoms with E-state index in [9.17, 15) is 13.6 Å². The smallest absolute Gasteiger partial charge is 0.251 e. The van der Waals surface area contributed by atoms with Crippen LogP contribution in [0.15, 0.2) is 83.9 Å². The van der Waals surface area contributed by atoms with Crippen molar-refractivity contribution in [2.45, 2.75) is 17.2 Å².